The number of hydrogen-bond donors (Lipinski definition) is 1. The van der Waals surface area contributed by atoms with Crippen molar-refractivity contribution in [3.63, 3.8) is 0 Å². The zero-order chi connectivity index (χ0) is 14.5. The predicted octanol–water partition coefficient (Wildman–Crippen LogP) is 0.293. The van der Waals surface area contributed by atoms with Crippen LogP contribution in [0.3, 0.4) is 0 Å². The first-order chi connectivity index (χ1) is 9.58. The maximum absolute atomic E-state index is 11.9. The molecule has 0 bridgehead atoms. The first-order valence-electron chi connectivity index (χ1n) is 6.95. The quantitative estimate of drug-likeness (QED) is 0.788. The van der Waals surface area contributed by atoms with Gasteiger partial charge in [-0.15, -0.1) is 0 Å². The van der Waals surface area contributed by atoms with E-state index < -0.39 is 6.10 Å². The number of nitrogens with one attached hydrogen (secondary N) is 1. The van der Waals surface area contributed by atoms with Gasteiger partial charge in [0, 0.05) is 0 Å². The summed E-state index contributed by atoms with van der Waals surface area (Å²) in [7, 11) is 2.08. The molecule has 2 atom stereocenters. The summed E-state index contributed by atoms with van der Waals surface area (Å²) >= 11 is 0. The van der Waals surface area contributed by atoms with Gasteiger partial charge in [0.2, 0.25) is 6.10 Å². The van der Waals surface area contributed by atoms with Gasteiger partial charge in [0.25, 0.3) is 0 Å². The van der Waals surface area contributed by atoms with Crippen LogP contribution < -0.4 is 14.4 Å². The van der Waals surface area contributed by atoms with Crippen LogP contribution >= 0.6 is 0 Å². The predicted molar refractivity (Wildman–Crippen MR) is 74.2 cm³/mol. The number of benzene rings is 1. The van der Waals surface area contributed by atoms with E-state index >= 15 is 0 Å². The molecule has 1 aliphatic rings. The second-order valence-electron chi connectivity index (χ2n) is 5.28. The number of ether oxygens (including phenoxy) is 3. The van der Waals surface area contributed by atoms with Crippen molar-refractivity contribution in [2.75, 3.05) is 26.8 Å². The third kappa shape index (κ3) is 3.63. The highest BCUT2D eigenvalue weighted by molar-refractivity contribution is 5.75. The standard InChI is InChI=1S/C15H21NO4/c1-11(2)16(3)8-9-18-15(17)14-10-19-12-6-4-5-7-13(12)20-14/h4-7,11,14H,8-10H2,1-3H3/p+1/t14-/m0/s1. The van der Waals surface area contributed by atoms with Crippen LogP contribution in [0.4, 0.5) is 0 Å². The molecule has 0 saturated heterocycles. The van der Waals surface area contributed by atoms with Gasteiger partial charge < -0.3 is 19.1 Å². The normalized spacial score (nSPS) is 18.7. The molecule has 110 valence electrons. The number of likely N-dealkylation sites (N-methyl/N-ethyl adjacent to an activating group) is 1. The Labute approximate surface area is 119 Å². The van der Waals surface area contributed by atoms with Gasteiger partial charge in [0.15, 0.2) is 11.5 Å². The number of carbonyl (C=O) groups excluding carboxylic acids is 1. The number of carbonyl (C=O) groups is 1. The van der Waals surface area contributed by atoms with E-state index in [1.54, 1.807) is 6.07 Å². The fourth-order valence-electron chi connectivity index (χ4n) is 1.83. The largest absolute Gasteiger partial charge is 0.485 e. The molecule has 1 unspecified atom stereocenters. The Balaban J connectivity index is 1.80. The summed E-state index contributed by atoms with van der Waals surface area (Å²) in [6.07, 6.45) is -0.677. The van der Waals surface area contributed by atoms with Crippen LogP contribution in [-0.4, -0.2) is 44.9 Å². The lowest BCUT2D eigenvalue weighted by molar-refractivity contribution is -0.901. The maximum Gasteiger partial charge on any atom is 0.351 e. The Morgan fingerprint density at radius 1 is 1.40 bits per heavy atom. The van der Waals surface area contributed by atoms with Crippen molar-refractivity contribution in [1.29, 1.82) is 0 Å². The summed E-state index contributed by atoms with van der Waals surface area (Å²) in [5, 5.41) is 0. The number of esters is 1. The van der Waals surface area contributed by atoms with E-state index in [-0.39, 0.29) is 12.6 Å². The zero-order valence-corrected chi connectivity index (χ0v) is 12.2. The summed E-state index contributed by atoms with van der Waals surface area (Å²) in [4.78, 5) is 13.2. The third-order valence-electron chi connectivity index (χ3n) is 3.50. The molecule has 1 heterocycles. The molecular weight excluding hydrogens is 258 g/mol. The topological polar surface area (TPSA) is 49.2 Å². The summed E-state index contributed by atoms with van der Waals surface area (Å²) in [6, 6.07) is 7.82. The molecule has 0 aromatic heterocycles. The van der Waals surface area contributed by atoms with Gasteiger partial charge in [0.1, 0.15) is 19.8 Å². The van der Waals surface area contributed by atoms with Crippen molar-refractivity contribution in [3.05, 3.63) is 24.3 Å². The van der Waals surface area contributed by atoms with Crippen molar-refractivity contribution < 1.29 is 23.9 Å². The Hall–Kier alpha value is -1.75. The molecule has 0 fully saturated rings. The molecule has 2 rings (SSSR count). The van der Waals surface area contributed by atoms with Gasteiger partial charge in [-0.3, -0.25) is 0 Å². The van der Waals surface area contributed by atoms with Crippen LogP contribution in [0.15, 0.2) is 24.3 Å². The van der Waals surface area contributed by atoms with E-state index in [1.807, 2.05) is 18.2 Å². The van der Waals surface area contributed by atoms with Gasteiger partial charge in [-0.25, -0.2) is 4.79 Å². The van der Waals surface area contributed by atoms with Crippen LogP contribution in [-0.2, 0) is 9.53 Å². The lowest BCUT2D eigenvalue weighted by Crippen LogP contribution is -3.12. The highest BCUT2D eigenvalue weighted by Crippen LogP contribution is 2.30. The van der Waals surface area contributed by atoms with E-state index in [1.165, 1.54) is 4.90 Å². The molecule has 1 aliphatic heterocycles. The van der Waals surface area contributed by atoms with E-state index in [9.17, 15) is 4.79 Å². The van der Waals surface area contributed by atoms with Gasteiger partial charge in [0.05, 0.1) is 13.1 Å². The van der Waals surface area contributed by atoms with Gasteiger partial charge in [-0.05, 0) is 26.0 Å². The van der Waals surface area contributed by atoms with Gasteiger partial charge >= 0.3 is 5.97 Å². The second kappa shape index (κ2) is 6.61. The molecule has 0 saturated carbocycles. The van der Waals surface area contributed by atoms with Crippen LogP contribution in [0, 0.1) is 0 Å². The fraction of sp³-hybridized carbons (Fsp3) is 0.533. The molecule has 1 aromatic rings. The smallest absolute Gasteiger partial charge is 0.351 e. The highest BCUT2D eigenvalue weighted by atomic mass is 16.6. The maximum atomic E-state index is 11.9. The molecular formula is C15H22NO4+. The highest BCUT2D eigenvalue weighted by Gasteiger charge is 2.28. The van der Waals surface area contributed by atoms with Crippen LogP contribution in [0.25, 0.3) is 0 Å². The fourth-order valence-corrected chi connectivity index (χ4v) is 1.83. The Kier molecular flexibility index (Phi) is 4.84. The number of hydrogen-bond acceptors (Lipinski definition) is 4. The number of quaternary nitrogens is 1. The minimum Gasteiger partial charge on any atom is -0.485 e. The summed E-state index contributed by atoms with van der Waals surface area (Å²) in [5.74, 6) is 0.891. The summed E-state index contributed by atoms with van der Waals surface area (Å²) in [6.45, 7) is 5.64. The third-order valence-corrected chi connectivity index (χ3v) is 3.50. The second-order valence-corrected chi connectivity index (χ2v) is 5.28. The first-order valence-corrected chi connectivity index (χ1v) is 6.95. The minimum absolute atomic E-state index is 0.197. The van der Waals surface area contributed by atoms with E-state index in [2.05, 4.69) is 20.9 Å². The van der Waals surface area contributed by atoms with Crippen molar-refractivity contribution >= 4 is 5.97 Å². The molecule has 1 N–H and O–H groups in total. The van der Waals surface area contributed by atoms with Gasteiger partial charge in [-0.1, -0.05) is 12.1 Å². The molecule has 0 spiro atoms. The van der Waals surface area contributed by atoms with Crippen LogP contribution in [0.1, 0.15) is 13.8 Å². The Morgan fingerprint density at radius 2 is 2.10 bits per heavy atom. The summed E-state index contributed by atoms with van der Waals surface area (Å²) < 4.78 is 16.3. The molecule has 1 aromatic carbocycles. The van der Waals surface area contributed by atoms with Crippen molar-refractivity contribution in [1.82, 2.24) is 0 Å². The molecule has 5 heteroatoms. The van der Waals surface area contributed by atoms with Crippen molar-refractivity contribution in [2.24, 2.45) is 0 Å². The molecule has 0 amide bonds. The van der Waals surface area contributed by atoms with E-state index in [4.69, 9.17) is 14.2 Å². The Bertz CT molecular complexity index is 461. The molecule has 5 nitrogen and oxygen atoms in total. The average molecular weight is 280 g/mol. The monoisotopic (exact) mass is 280 g/mol. The Morgan fingerprint density at radius 3 is 2.80 bits per heavy atom. The van der Waals surface area contributed by atoms with Gasteiger partial charge in [-0.2, -0.15) is 0 Å². The van der Waals surface area contributed by atoms with Crippen LogP contribution in [0.2, 0.25) is 0 Å². The minimum atomic E-state index is -0.677. The molecule has 0 radical (unpaired) electrons. The SMILES string of the molecule is CC(C)[NH+](C)CCOC(=O)[C@@H]1COc2ccccc2O1. The lowest BCUT2D eigenvalue weighted by atomic mass is 10.2. The average Bonchev–Trinajstić information content (AvgIpc) is 2.46. The first kappa shape index (κ1) is 14.7. The molecule has 20 heavy (non-hydrogen) atoms. The number of fused-ring (bicyclic) bond motifs is 1. The van der Waals surface area contributed by atoms with E-state index in [0.29, 0.717) is 24.1 Å². The molecule has 0 aliphatic carbocycles. The zero-order valence-electron chi connectivity index (χ0n) is 12.2. The van der Waals surface area contributed by atoms with Crippen molar-refractivity contribution in [3.8, 4) is 11.5 Å². The number of para-hydroxylation sites is 2. The summed E-state index contributed by atoms with van der Waals surface area (Å²) in [5.41, 5.74) is 0. The lowest BCUT2D eigenvalue weighted by Gasteiger charge is -2.25. The van der Waals surface area contributed by atoms with Crippen molar-refractivity contribution in [2.45, 2.75) is 26.0 Å². The van der Waals surface area contributed by atoms with Crippen LogP contribution in [0.5, 0.6) is 11.5 Å². The number of rotatable bonds is 5. The van der Waals surface area contributed by atoms with E-state index in [0.717, 1.165) is 6.54 Å².